The van der Waals surface area contributed by atoms with E-state index in [1.165, 1.54) is 0 Å². The van der Waals surface area contributed by atoms with Gasteiger partial charge in [-0.05, 0) is 104 Å². The summed E-state index contributed by atoms with van der Waals surface area (Å²) in [6.07, 6.45) is 0. The summed E-state index contributed by atoms with van der Waals surface area (Å²) >= 11 is 14.3. The van der Waals surface area contributed by atoms with E-state index in [0.717, 1.165) is 11.1 Å². The number of esters is 2. The Labute approximate surface area is 251 Å². The number of rotatable bonds is 10. The zero-order chi connectivity index (χ0) is 28.2. The molecule has 0 unspecified atom stereocenters. The minimum Gasteiger partial charge on any atom is -0.492 e. The average molecular weight is 768 g/mol. The summed E-state index contributed by atoms with van der Waals surface area (Å²) in [4.78, 5) is 24.5. The second kappa shape index (κ2) is 13.0. The maximum Gasteiger partial charge on any atom is 0.338 e. The van der Waals surface area contributed by atoms with Gasteiger partial charge >= 0.3 is 11.9 Å². The van der Waals surface area contributed by atoms with Gasteiger partial charge in [0.05, 0.1) is 22.2 Å². The molecule has 0 fully saturated rings. The third-order valence-corrected chi connectivity index (χ3v) is 7.89. The minimum absolute atomic E-state index is 0.268. The molecular weight excluding hydrogens is 740 g/mol. The molecular formula is C27H28Br4O6. The second-order valence-electron chi connectivity index (χ2n) is 8.59. The van der Waals surface area contributed by atoms with Crippen LogP contribution in [0, 0.1) is 0 Å². The largest absolute Gasteiger partial charge is 0.492 e. The summed E-state index contributed by atoms with van der Waals surface area (Å²) in [5.41, 5.74) is 1.40. The molecule has 0 saturated carbocycles. The van der Waals surface area contributed by atoms with Crippen LogP contribution in [0.4, 0.5) is 0 Å². The third kappa shape index (κ3) is 6.88. The van der Waals surface area contributed by atoms with Crippen LogP contribution in [0.1, 0.15) is 52.7 Å². The molecule has 2 aromatic rings. The number of carbonyl (C=O) groups is 2. The topological polar surface area (TPSA) is 71.1 Å². The molecule has 0 spiro atoms. The van der Waals surface area contributed by atoms with Crippen molar-refractivity contribution in [1.29, 1.82) is 0 Å². The SMILES string of the molecule is C=C(C)C(=O)Oc1c(Br)cc(C(C)(C)c2cc(Br)c(OC(=O)C(=C)C)c(Br)c2OCC)c(OCC)c1Br. The Kier molecular flexibility index (Phi) is 11.1. The van der Waals surface area contributed by atoms with Crippen LogP contribution in [0.5, 0.6) is 23.0 Å². The Morgan fingerprint density at radius 2 is 1.05 bits per heavy atom. The lowest BCUT2D eigenvalue weighted by Gasteiger charge is -2.32. The zero-order valence-electron chi connectivity index (χ0n) is 21.4. The van der Waals surface area contributed by atoms with Gasteiger partial charge in [-0.2, -0.15) is 0 Å². The van der Waals surface area contributed by atoms with Gasteiger partial charge in [-0.25, -0.2) is 9.59 Å². The summed E-state index contributed by atoms with van der Waals surface area (Å²) in [5, 5.41) is 0. The molecule has 0 aliphatic rings. The highest BCUT2D eigenvalue weighted by Gasteiger charge is 2.36. The molecule has 6 nitrogen and oxygen atoms in total. The fourth-order valence-electron chi connectivity index (χ4n) is 3.36. The van der Waals surface area contributed by atoms with Crippen molar-refractivity contribution in [1.82, 2.24) is 0 Å². The number of hydrogen-bond donors (Lipinski definition) is 0. The van der Waals surface area contributed by atoms with Crippen molar-refractivity contribution in [3.05, 3.63) is 65.5 Å². The van der Waals surface area contributed by atoms with E-state index in [0.29, 0.717) is 42.6 Å². The van der Waals surface area contributed by atoms with Gasteiger partial charge in [0.1, 0.15) is 20.4 Å². The molecule has 0 atom stereocenters. The first-order valence-electron chi connectivity index (χ1n) is 11.2. The van der Waals surface area contributed by atoms with Crippen molar-refractivity contribution in [2.75, 3.05) is 13.2 Å². The summed E-state index contributed by atoms with van der Waals surface area (Å²) in [5.74, 6) is 0.473. The predicted octanol–water partition coefficient (Wildman–Crippen LogP) is 8.82. The van der Waals surface area contributed by atoms with Crippen LogP contribution in [0.3, 0.4) is 0 Å². The number of halogens is 4. The van der Waals surface area contributed by atoms with Crippen molar-refractivity contribution < 1.29 is 28.5 Å². The van der Waals surface area contributed by atoms with Gasteiger partial charge in [0.25, 0.3) is 0 Å². The first kappa shape index (κ1) is 31.6. The molecule has 2 aromatic carbocycles. The van der Waals surface area contributed by atoms with E-state index in [1.807, 2.05) is 39.8 Å². The first-order chi connectivity index (χ1) is 17.2. The molecule has 0 aromatic heterocycles. The quantitative estimate of drug-likeness (QED) is 0.137. The summed E-state index contributed by atoms with van der Waals surface area (Å²) in [7, 11) is 0. The first-order valence-corrected chi connectivity index (χ1v) is 14.4. The Bertz CT molecular complexity index is 1170. The van der Waals surface area contributed by atoms with E-state index in [9.17, 15) is 9.59 Å². The minimum atomic E-state index is -0.709. The van der Waals surface area contributed by atoms with E-state index in [2.05, 4.69) is 76.9 Å². The molecule has 2 rings (SSSR count). The van der Waals surface area contributed by atoms with Gasteiger partial charge in [-0.15, -0.1) is 0 Å². The predicted molar refractivity (Wildman–Crippen MR) is 159 cm³/mol. The highest BCUT2D eigenvalue weighted by molar-refractivity contribution is 9.11. The molecule has 0 bridgehead atoms. The van der Waals surface area contributed by atoms with Crippen LogP contribution in [-0.4, -0.2) is 25.2 Å². The van der Waals surface area contributed by atoms with E-state index < -0.39 is 17.4 Å². The Morgan fingerprint density at radius 3 is 1.32 bits per heavy atom. The van der Waals surface area contributed by atoms with E-state index in [1.54, 1.807) is 13.8 Å². The van der Waals surface area contributed by atoms with E-state index in [4.69, 9.17) is 18.9 Å². The lowest BCUT2D eigenvalue weighted by Crippen LogP contribution is -2.23. The highest BCUT2D eigenvalue weighted by Crippen LogP contribution is 2.53. The molecule has 37 heavy (non-hydrogen) atoms. The summed E-state index contributed by atoms with van der Waals surface area (Å²) in [6.45, 7) is 19.0. The number of hydrogen-bond acceptors (Lipinski definition) is 6. The normalized spacial score (nSPS) is 11.1. The van der Waals surface area contributed by atoms with Crippen LogP contribution in [0.2, 0.25) is 0 Å². The van der Waals surface area contributed by atoms with Crippen molar-refractivity contribution >= 4 is 75.7 Å². The fourth-order valence-corrected chi connectivity index (χ4v) is 6.15. The van der Waals surface area contributed by atoms with Crippen molar-refractivity contribution in [3.8, 4) is 23.0 Å². The van der Waals surface area contributed by atoms with Crippen LogP contribution in [0.15, 0.2) is 54.3 Å². The van der Waals surface area contributed by atoms with Gasteiger partial charge in [-0.1, -0.05) is 27.0 Å². The van der Waals surface area contributed by atoms with Gasteiger partial charge in [0.2, 0.25) is 0 Å². The van der Waals surface area contributed by atoms with Crippen LogP contribution < -0.4 is 18.9 Å². The lowest BCUT2D eigenvalue weighted by molar-refractivity contribution is -0.131. The molecule has 0 heterocycles. The van der Waals surface area contributed by atoms with Gasteiger partial charge in [-0.3, -0.25) is 0 Å². The molecule has 0 aliphatic heterocycles. The maximum atomic E-state index is 12.3. The molecule has 0 saturated heterocycles. The van der Waals surface area contributed by atoms with Crippen molar-refractivity contribution in [3.63, 3.8) is 0 Å². The number of benzene rings is 2. The van der Waals surface area contributed by atoms with Crippen molar-refractivity contribution in [2.24, 2.45) is 0 Å². The monoisotopic (exact) mass is 764 g/mol. The lowest BCUT2D eigenvalue weighted by atomic mass is 9.77. The van der Waals surface area contributed by atoms with Crippen LogP contribution in [0.25, 0.3) is 0 Å². The van der Waals surface area contributed by atoms with E-state index >= 15 is 0 Å². The number of carbonyl (C=O) groups excluding carboxylic acids is 2. The third-order valence-electron chi connectivity index (χ3n) is 5.27. The fraction of sp³-hybridized carbons (Fsp3) is 0.333. The average Bonchev–Trinajstić information content (AvgIpc) is 2.81. The smallest absolute Gasteiger partial charge is 0.338 e. The maximum absolute atomic E-state index is 12.3. The van der Waals surface area contributed by atoms with Gasteiger partial charge in [0.15, 0.2) is 11.5 Å². The molecule has 0 amide bonds. The molecule has 10 heteroatoms. The molecule has 0 radical (unpaired) electrons. The summed E-state index contributed by atoms with van der Waals surface area (Å²) in [6, 6.07) is 3.70. The molecule has 0 aliphatic carbocycles. The standard InChI is InChI=1S/C27H28Br4O6/c1-9-34-21-15(11-17(28)23(19(21)30)36-25(32)13(3)4)27(7,8)16-12-18(29)24(37-26(33)14(5)6)20(31)22(16)35-10-2/h11-12H,3,5,9-10H2,1-2,4,6-8H3. The van der Waals surface area contributed by atoms with Gasteiger partial charge in [0, 0.05) is 27.7 Å². The van der Waals surface area contributed by atoms with Crippen molar-refractivity contribution in [2.45, 2.75) is 47.0 Å². The Morgan fingerprint density at radius 1 is 0.730 bits per heavy atom. The summed E-state index contributed by atoms with van der Waals surface area (Å²) < 4.78 is 25.3. The highest BCUT2D eigenvalue weighted by atomic mass is 79.9. The Balaban J connectivity index is 2.82. The van der Waals surface area contributed by atoms with E-state index in [-0.39, 0.29) is 22.6 Å². The second-order valence-corrected chi connectivity index (χ2v) is 11.9. The molecule has 0 N–H and O–H groups in total. The van der Waals surface area contributed by atoms with Crippen LogP contribution >= 0.6 is 63.7 Å². The number of ether oxygens (including phenoxy) is 4. The Hall–Kier alpha value is -1.62. The van der Waals surface area contributed by atoms with Gasteiger partial charge < -0.3 is 18.9 Å². The zero-order valence-corrected chi connectivity index (χ0v) is 27.8. The molecule has 200 valence electrons. The van der Waals surface area contributed by atoms with Crippen LogP contribution in [-0.2, 0) is 15.0 Å².